The lowest BCUT2D eigenvalue weighted by molar-refractivity contribution is 0.151. The van der Waals surface area contributed by atoms with Crippen LogP contribution in [0.1, 0.15) is 18.1 Å². The summed E-state index contributed by atoms with van der Waals surface area (Å²) < 4.78 is 18.5. The van der Waals surface area contributed by atoms with Crippen molar-refractivity contribution in [1.82, 2.24) is 5.32 Å². The molecule has 2 aromatic carbocycles. The van der Waals surface area contributed by atoms with E-state index in [0.717, 1.165) is 16.5 Å². The topological polar surface area (TPSA) is 38.3 Å². The molecule has 19 heavy (non-hydrogen) atoms. The fraction of sp³-hybridized carbons (Fsp3) is 0.267. The average Bonchev–Trinajstić information content (AvgIpc) is 2.38. The van der Waals surface area contributed by atoms with E-state index in [-0.39, 0.29) is 5.82 Å². The van der Waals surface area contributed by atoms with Crippen molar-refractivity contribution in [3.8, 4) is 0 Å². The predicted molar refractivity (Wildman–Crippen MR) is 72.5 cm³/mol. The van der Waals surface area contributed by atoms with Gasteiger partial charge < -0.3 is 10.1 Å². The van der Waals surface area contributed by atoms with E-state index < -0.39 is 6.09 Å². The van der Waals surface area contributed by atoms with Crippen molar-refractivity contribution in [2.75, 3.05) is 6.61 Å². The highest BCUT2D eigenvalue weighted by atomic mass is 19.1. The van der Waals surface area contributed by atoms with Crippen LogP contribution in [0.2, 0.25) is 0 Å². The Balaban J connectivity index is 2.25. The Bertz CT molecular complexity index is 610. The van der Waals surface area contributed by atoms with E-state index in [1.165, 1.54) is 6.07 Å². The number of carbonyl (C=O) groups is 1. The van der Waals surface area contributed by atoms with Gasteiger partial charge in [0.2, 0.25) is 0 Å². The van der Waals surface area contributed by atoms with Gasteiger partial charge in [-0.15, -0.1) is 0 Å². The SMILES string of the molecule is CCOC(=O)NCc1cc(C)c2cccc(F)c2c1. The Morgan fingerprint density at radius 2 is 2.11 bits per heavy atom. The van der Waals surface area contributed by atoms with Crippen LogP contribution in [0.4, 0.5) is 9.18 Å². The van der Waals surface area contributed by atoms with Crippen LogP contribution in [-0.2, 0) is 11.3 Å². The zero-order chi connectivity index (χ0) is 13.8. The molecule has 0 aliphatic heterocycles. The molecule has 0 atom stereocenters. The molecule has 0 spiro atoms. The number of fused-ring (bicyclic) bond motifs is 1. The molecular formula is C15H16FNO2. The summed E-state index contributed by atoms with van der Waals surface area (Å²) in [6.45, 7) is 4.33. The second-order valence-corrected chi connectivity index (χ2v) is 4.32. The first-order valence-corrected chi connectivity index (χ1v) is 6.20. The van der Waals surface area contributed by atoms with Crippen molar-refractivity contribution >= 4 is 16.9 Å². The van der Waals surface area contributed by atoms with Crippen molar-refractivity contribution < 1.29 is 13.9 Å². The van der Waals surface area contributed by atoms with Crippen LogP contribution in [0.5, 0.6) is 0 Å². The number of hydrogen-bond donors (Lipinski definition) is 1. The summed E-state index contributed by atoms with van der Waals surface area (Å²) >= 11 is 0. The Morgan fingerprint density at radius 1 is 1.32 bits per heavy atom. The maximum Gasteiger partial charge on any atom is 0.407 e. The number of hydrogen-bond acceptors (Lipinski definition) is 2. The fourth-order valence-electron chi connectivity index (χ4n) is 2.07. The molecule has 2 aromatic rings. The number of aryl methyl sites for hydroxylation is 1. The summed E-state index contributed by atoms with van der Waals surface area (Å²) in [7, 11) is 0. The minimum absolute atomic E-state index is 0.251. The molecule has 2 rings (SSSR count). The van der Waals surface area contributed by atoms with Crippen molar-refractivity contribution in [2.24, 2.45) is 0 Å². The molecule has 1 N–H and O–H groups in total. The first-order valence-electron chi connectivity index (χ1n) is 6.20. The zero-order valence-corrected chi connectivity index (χ0v) is 11.0. The van der Waals surface area contributed by atoms with Crippen molar-refractivity contribution in [3.05, 3.63) is 47.3 Å². The zero-order valence-electron chi connectivity index (χ0n) is 11.0. The smallest absolute Gasteiger partial charge is 0.407 e. The molecule has 4 heteroatoms. The normalized spacial score (nSPS) is 10.5. The molecular weight excluding hydrogens is 245 g/mol. The summed E-state index contributed by atoms with van der Waals surface area (Å²) in [5, 5.41) is 4.09. The van der Waals surface area contributed by atoms with Gasteiger partial charge in [-0.1, -0.05) is 18.2 Å². The minimum Gasteiger partial charge on any atom is -0.450 e. The van der Waals surface area contributed by atoms with E-state index >= 15 is 0 Å². The number of alkyl carbamates (subject to hydrolysis) is 1. The number of benzene rings is 2. The maximum absolute atomic E-state index is 13.8. The fourth-order valence-corrected chi connectivity index (χ4v) is 2.07. The van der Waals surface area contributed by atoms with E-state index in [4.69, 9.17) is 4.74 Å². The van der Waals surface area contributed by atoms with Crippen LogP contribution in [0.3, 0.4) is 0 Å². The third-order valence-electron chi connectivity index (χ3n) is 2.92. The summed E-state index contributed by atoms with van der Waals surface area (Å²) in [5.41, 5.74) is 1.83. The van der Waals surface area contributed by atoms with E-state index in [1.54, 1.807) is 19.1 Å². The molecule has 0 aliphatic carbocycles. The predicted octanol–water partition coefficient (Wildman–Crippen LogP) is 3.53. The van der Waals surface area contributed by atoms with Gasteiger partial charge in [-0.05, 0) is 42.5 Å². The first-order chi connectivity index (χ1) is 9.11. The summed E-state index contributed by atoms with van der Waals surface area (Å²) in [6, 6.07) is 8.71. The van der Waals surface area contributed by atoms with Gasteiger partial charge in [0.1, 0.15) is 5.82 Å². The molecule has 0 bridgehead atoms. The van der Waals surface area contributed by atoms with Gasteiger partial charge in [0.25, 0.3) is 0 Å². The van der Waals surface area contributed by atoms with Crippen LogP contribution in [-0.4, -0.2) is 12.7 Å². The molecule has 100 valence electrons. The lowest BCUT2D eigenvalue weighted by Gasteiger charge is -2.09. The molecule has 0 saturated heterocycles. The van der Waals surface area contributed by atoms with Crippen LogP contribution in [0, 0.1) is 12.7 Å². The van der Waals surface area contributed by atoms with E-state index in [0.29, 0.717) is 18.5 Å². The highest BCUT2D eigenvalue weighted by molar-refractivity contribution is 5.86. The summed E-state index contributed by atoms with van der Waals surface area (Å²) in [5.74, 6) is -0.251. The van der Waals surface area contributed by atoms with Gasteiger partial charge in [0.05, 0.1) is 6.61 Å². The molecule has 0 radical (unpaired) electrons. The highest BCUT2D eigenvalue weighted by Crippen LogP contribution is 2.23. The number of carbonyl (C=O) groups excluding carboxylic acids is 1. The number of ether oxygens (including phenoxy) is 1. The van der Waals surface area contributed by atoms with Gasteiger partial charge in [-0.25, -0.2) is 9.18 Å². The quantitative estimate of drug-likeness (QED) is 0.917. The molecule has 3 nitrogen and oxygen atoms in total. The molecule has 0 heterocycles. The molecule has 0 unspecified atom stereocenters. The Hall–Kier alpha value is -2.10. The van der Waals surface area contributed by atoms with E-state index in [1.807, 2.05) is 19.1 Å². The van der Waals surface area contributed by atoms with Crippen LogP contribution >= 0.6 is 0 Å². The molecule has 0 saturated carbocycles. The third kappa shape index (κ3) is 3.02. The minimum atomic E-state index is -0.464. The maximum atomic E-state index is 13.8. The van der Waals surface area contributed by atoms with Crippen LogP contribution < -0.4 is 5.32 Å². The number of halogens is 1. The summed E-state index contributed by atoms with van der Waals surface area (Å²) in [6.07, 6.45) is -0.464. The average molecular weight is 261 g/mol. The molecule has 1 amide bonds. The van der Waals surface area contributed by atoms with Gasteiger partial charge in [-0.2, -0.15) is 0 Å². The Kier molecular flexibility index (Phi) is 4.00. The van der Waals surface area contributed by atoms with E-state index in [2.05, 4.69) is 5.32 Å². The van der Waals surface area contributed by atoms with Crippen molar-refractivity contribution in [2.45, 2.75) is 20.4 Å². The van der Waals surface area contributed by atoms with Crippen molar-refractivity contribution in [3.63, 3.8) is 0 Å². The Morgan fingerprint density at radius 3 is 2.84 bits per heavy atom. The monoisotopic (exact) mass is 261 g/mol. The Labute approximate surface area is 111 Å². The lowest BCUT2D eigenvalue weighted by atomic mass is 10.0. The third-order valence-corrected chi connectivity index (χ3v) is 2.92. The number of amides is 1. The van der Waals surface area contributed by atoms with Crippen molar-refractivity contribution in [1.29, 1.82) is 0 Å². The largest absolute Gasteiger partial charge is 0.450 e. The standard InChI is InChI=1S/C15H16FNO2/c1-3-19-15(18)17-9-11-7-10(2)12-5-4-6-14(16)13(12)8-11/h4-8H,3,9H2,1-2H3,(H,17,18). The van der Waals surface area contributed by atoms with Gasteiger partial charge >= 0.3 is 6.09 Å². The second-order valence-electron chi connectivity index (χ2n) is 4.32. The molecule has 0 aliphatic rings. The lowest BCUT2D eigenvalue weighted by Crippen LogP contribution is -2.23. The van der Waals surface area contributed by atoms with Crippen LogP contribution in [0.15, 0.2) is 30.3 Å². The first kappa shape index (κ1) is 13.3. The van der Waals surface area contributed by atoms with E-state index in [9.17, 15) is 9.18 Å². The van der Waals surface area contributed by atoms with Gasteiger partial charge in [0.15, 0.2) is 0 Å². The molecule has 0 fully saturated rings. The number of nitrogens with one attached hydrogen (secondary N) is 1. The van der Waals surface area contributed by atoms with Gasteiger partial charge in [0, 0.05) is 11.9 Å². The van der Waals surface area contributed by atoms with Crippen LogP contribution in [0.25, 0.3) is 10.8 Å². The second kappa shape index (κ2) is 5.69. The highest BCUT2D eigenvalue weighted by Gasteiger charge is 2.06. The number of rotatable bonds is 3. The molecule has 0 aromatic heterocycles. The van der Waals surface area contributed by atoms with Gasteiger partial charge in [-0.3, -0.25) is 0 Å². The summed E-state index contributed by atoms with van der Waals surface area (Å²) in [4.78, 5) is 11.2.